The van der Waals surface area contributed by atoms with Crippen molar-refractivity contribution in [3.63, 3.8) is 0 Å². The summed E-state index contributed by atoms with van der Waals surface area (Å²) in [7, 11) is 0. The number of hydrogen-bond donors (Lipinski definition) is 1. The molecular weight excluding hydrogens is 186 g/mol. The molecule has 0 unspecified atom stereocenters. The molecule has 0 bridgehead atoms. The van der Waals surface area contributed by atoms with Crippen LogP contribution in [0.4, 0.5) is 0 Å². The monoisotopic (exact) mass is 213 g/mol. The van der Waals surface area contributed by atoms with Gasteiger partial charge in [-0.25, -0.2) is 0 Å². The first-order valence-electron chi connectivity index (χ1n) is 6.65. The topological polar surface area (TPSA) is 21.3 Å². The van der Waals surface area contributed by atoms with E-state index in [1.807, 2.05) is 0 Å². The number of rotatable bonds is 7. The molecule has 1 aliphatic carbocycles. The van der Waals surface area contributed by atoms with E-state index in [1.165, 1.54) is 32.1 Å². The molecule has 0 aromatic rings. The number of nitrogens with one attached hydrogen (secondary N) is 1. The smallest absolute Gasteiger partial charge is 0.0477 e. The molecule has 2 heteroatoms. The molecule has 0 saturated heterocycles. The molecule has 0 aromatic heterocycles. The lowest BCUT2D eigenvalue weighted by atomic mass is 9.84. The fraction of sp³-hybridized carbons (Fsp3) is 1.00. The van der Waals surface area contributed by atoms with Crippen molar-refractivity contribution in [1.82, 2.24) is 5.32 Å². The van der Waals surface area contributed by atoms with E-state index >= 15 is 0 Å². The van der Waals surface area contributed by atoms with Crippen LogP contribution in [0.15, 0.2) is 0 Å². The minimum absolute atomic E-state index is 0.701. The fourth-order valence-electron chi connectivity index (χ4n) is 2.45. The maximum absolute atomic E-state index is 5.32. The van der Waals surface area contributed by atoms with Crippen LogP contribution >= 0.6 is 0 Å². The van der Waals surface area contributed by atoms with E-state index in [0.717, 1.165) is 32.1 Å². The Balaban J connectivity index is 1.99. The second-order valence-electron chi connectivity index (χ2n) is 4.69. The Kier molecular flexibility index (Phi) is 7.03. The highest BCUT2D eigenvalue weighted by molar-refractivity contribution is 4.75. The minimum Gasteiger partial charge on any atom is -0.382 e. The molecule has 0 spiro atoms. The standard InChI is InChI=1S/C13H27NO/c1-3-15-11-7-10-14-12(2)13-8-5-4-6-9-13/h12-14H,3-11H2,1-2H3/t12-/m0/s1. The first kappa shape index (κ1) is 13.0. The van der Waals surface area contributed by atoms with Gasteiger partial charge in [-0.05, 0) is 45.6 Å². The summed E-state index contributed by atoms with van der Waals surface area (Å²) in [5.74, 6) is 0.922. The van der Waals surface area contributed by atoms with Gasteiger partial charge in [-0.1, -0.05) is 19.3 Å². The third kappa shape index (κ3) is 5.53. The first-order chi connectivity index (χ1) is 7.34. The normalized spacial score (nSPS) is 20.4. The highest BCUT2D eigenvalue weighted by atomic mass is 16.5. The minimum atomic E-state index is 0.701. The lowest BCUT2D eigenvalue weighted by Crippen LogP contribution is -2.35. The third-order valence-electron chi connectivity index (χ3n) is 3.49. The van der Waals surface area contributed by atoms with Gasteiger partial charge in [0.15, 0.2) is 0 Å². The Morgan fingerprint density at radius 1 is 1.27 bits per heavy atom. The van der Waals surface area contributed by atoms with E-state index in [2.05, 4.69) is 19.2 Å². The summed E-state index contributed by atoms with van der Waals surface area (Å²) < 4.78 is 5.32. The van der Waals surface area contributed by atoms with Crippen LogP contribution in [-0.4, -0.2) is 25.8 Å². The van der Waals surface area contributed by atoms with Crippen LogP contribution in [0, 0.1) is 5.92 Å². The van der Waals surface area contributed by atoms with Crippen molar-refractivity contribution >= 4 is 0 Å². The molecule has 0 aliphatic heterocycles. The summed E-state index contributed by atoms with van der Waals surface area (Å²) in [6, 6.07) is 0.701. The van der Waals surface area contributed by atoms with Crippen LogP contribution in [0.5, 0.6) is 0 Å². The van der Waals surface area contributed by atoms with Gasteiger partial charge in [-0.2, -0.15) is 0 Å². The SMILES string of the molecule is CCOCCCN[C@@H](C)C1CCCCC1. The van der Waals surface area contributed by atoms with Crippen LogP contribution in [0.1, 0.15) is 52.4 Å². The Labute approximate surface area is 94.8 Å². The predicted octanol–water partition coefficient (Wildman–Crippen LogP) is 2.97. The van der Waals surface area contributed by atoms with Gasteiger partial charge in [-0.3, -0.25) is 0 Å². The average Bonchev–Trinajstić information content (AvgIpc) is 2.30. The molecule has 1 fully saturated rings. The summed E-state index contributed by atoms with van der Waals surface area (Å²) in [4.78, 5) is 0. The molecule has 1 rings (SSSR count). The van der Waals surface area contributed by atoms with Crippen LogP contribution < -0.4 is 5.32 Å². The second-order valence-corrected chi connectivity index (χ2v) is 4.69. The molecular formula is C13H27NO. The Bertz CT molecular complexity index is 143. The number of ether oxygens (including phenoxy) is 1. The van der Waals surface area contributed by atoms with Crippen LogP contribution in [0.2, 0.25) is 0 Å². The molecule has 2 nitrogen and oxygen atoms in total. The van der Waals surface area contributed by atoms with Crippen molar-refractivity contribution in [3.8, 4) is 0 Å². The van der Waals surface area contributed by atoms with E-state index in [-0.39, 0.29) is 0 Å². The van der Waals surface area contributed by atoms with Gasteiger partial charge in [0.2, 0.25) is 0 Å². The Morgan fingerprint density at radius 2 is 2.00 bits per heavy atom. The summed E-state index contributed by atoms with van der Waals surface area (Å²) in [5.41, 5.74) is 0. The van der Waals surface area contributed by atoms with Crippen molar-refractivity contribution in [2.75, 3.05) is 19.8 Å². The zero-order valence-corrected chi connectivity index (χ0v) is 10.4. The molecule has 1 aliphatic rings. The first-order valence-corrected chi connectivity index (χ1v) is 6.65. The van der Waals surface area contributed by atoms with E-state index in [1.54, 1.807) is 0 Å². The van der Waals surface area contributed by atoms with Gasteiger partial charge < -0.3 is 10.1 Å². The predicted molar refractivity (Wildman–Crippen MR) is 65.1 cm³/mol. The Morgan fingerprint density at radius 3 is 2.67 bits per heavy atom. The summed E-state index contributed by atoms with van der Waals surface area (Å²) in [6.07, 6.45) is 8.34. The van der Waals surface area contributed by atoms with E-state index < -0.39 is 0 Å². The average molecular weight is 213 g/mol. The van der Waals surface area contributed by atoms with Gasteiger partial charge in [0, 0.05) is 19.3 Å². The van der Waals surface area contributed by atoms with Gasteiger partial charge in [0.1, 0.15) is 0 Å². The van der Waals surface area contributed by atoms with Crippen molar-refractivity contribution in [1.29, 1.82) is 0 Å². The largest absolute Gasteiger partial charge is 0.382 e. The fourth-order valence-corrected chi connectivity index (χ4v) is 2.45. The van der Waals surface area contributed by atoms with Gasteiger partial charge in [-0.15, -0.1) is 0 Å². The zero-order chi connectivity index (χ0) is 10.9. The van der Waals surface area contributed by atoms with Crippen LogP contribution in [-0.2, 0) is 4.74 Å². The Hall–Kier alpha value is -0.0800. The summed E-state index contributed by atoms with van der Waals surface area (Å²) in [6.45, 7) is 7.26. The lowest BCUT2D eigenvalue weighted by molar-refractivity contribution is 0.143. The third-order valence-corrected chi connectivity index (χ3v) is 3.49. The van der Waals surface area contributed by atoms with Crippen molar-refractivity contribution in [3.05, 3.63) is 0 Å². The molecule has 0 aromatic carbocycles. The maximum Gasteiger partial charge on any atom is 0.0477 e. The summed E-state index contributed by atoms with van der Waals surface area (Å²) >= 11 is 0. The quantitative estimate of drug-likeness (QED) is 0.656. The maximum atomic E-state index is 5.32. The molecule has 0 radical (unpaired) electrons. The van der Waals surface area contributed by atoms with E-state index in [0.29, 0.717) is 6.04 Å². The molecule has 1 N–H and O–H groups in total. The molecule has 90 valence electrons. The zero-order valence-electron chi connectivity index (χ0n) is 10.4. The number of hydrogen-bond acceptors (Lipinski definition) is 2. The van der Waals surface area contributed by atoms with Crippen LogP contribution in [0.25, 0.3) is 0 Å². The van der Waals surface area contributed by atoms with Crippen LogP contribution in [0.3, 0.4) is 0 Å². The second kappa shape index (κ2) is 8.12. The molecule has 0 heterocycles. The lowest BCUT2D eigenvalue weighted by Gasteiger charge is -2.28. The van der Waals surface area contributed by atoms with Gasteiger partial charge in [0.25, 0.3) is 0 Å². The molecule has 15 heavy (non-hydrogen) atoms. The van der Waals surface area contributed by atoms with Crippen molar-refractivity contribution in [2.24, 2.45) is 5.92 Å². The highest BCUT2D eigenvalue weighted by Crippen LogP contribution is 2.26. The van der Waals surface area contributed by atoms with Crippen molar-refractivity contribution in [2.45, 2.75) is 58.4 Å². The van der Waals surface area contributed by atoms with Crippen molar-refractivity contribution < 1.29 is 4.74 Å². The van der Waals surface area contributed by atoms with Gasteiger partial charge in [0.05, 0.1) is 0 Å². The summed E-state index contributed by atoms with van der Waals surface area (Å²) in [5, 5.41) is 3.63. The van der Waals surface area contributed by atoms with E-state index in [9.17, 15) is 0 Å². The highest BCUT2D eigenvalue weighted by Gasteiger charge is 2.18. The molecule has 0 amide bonds. The van der Waals surface area contributed by atoms with Gasteiger partial charge >= 0.3 is 0 Å². The van der Waals surface area contributed by atoms with E-state index in [4.69, 9.17) is 4.74 Å². The molecule has 1 atom stereocenters. The molecule has 1 saturated carbocycles.